The third kappa shape index (κ3) is 5.44. The summed E-state index contributed by atoms with van der Waals surface area (Å²) >= 11 is 6.77. The van der Waals surface area contributed by atoms with E-state index in [-0.39, 0.29) is 50.9 Å². The van der Waals surface area contributed by atoms with Gasteiger partial charge in [-0.3, -0.25) is 9.69 Å². The van der Waals surface area contributed by atoms with Crippen molar-refractivity contribution in [3.8, 4) is 11.5 Å². The molecule has 2 N–H and O–H groups in total. The summed E-state index contributed by atoms with van der Waals surface area (Å²) in [6.45, 7) is 7.30. The molecule has 6 rings (SSSR count). The Labute approximate surface area is 261 Å². The number of oxazole rings is 1. The van der Waals surface area contributed by atoms with Crippen molar-refractivity contribution in [2.24, 2.45) is 5.41 Å². The molecule has 0 saturated carbocycles. The number of benzene rings is 3. The number of carbonyl (C=O) groups excluding carboxylic acids is 1. The van der Waals surface area contributed by atoms with E-state index < -0.39 is 27.2 Å². The van der Waals surface area contributed by atoms with Crippen LogP contribution in [0.15, 0.2) is 81.7 Å². The third-order valence-electron chi connectivity index (χ3n) is 7.76. The van der Waals surface area contributed by atoms with Crippen LogP contribution in [0.3, 0.4) is 0 Å². The second kappa shape index (κ2) is 11.0. The molecule has 2 aliphatic rings. The van der Waals surface area contributed by atoms with Gasteiger partial charge in [-0.2, -0.15) is 0 Å². The first-order valence-electron chi connectivity index (χ1n) is 14.1. The first kappa shape index (κ1) is 29.8. The number of anilines is 2. The number of rotatable bonds is 5. The van der Waals surface area contributed by atoms with Crippen LogP contribution in [-0.4, -0.2) is 30.2 Å². The normalized spacial score (nSPS) is 18.6. The number of sulfone groups is 1. The SMILES string of the molecule is Cc1nc(C(=O)N2c3cccc(O)c3NC3=C(C2c2ccc(OCc4ccccc4)c(Cl)c2)S(=O)(=O)CC(C)(C)C3)c(C)o1. The summed E-state index contributed by atoms with van der Waals surface area (Å²) in [6, 6.07) is 18.2. The number of phenols is 1. The lowest BCUT2D eigenvalue weighted by Crippen LogP contribution is -2.41. The monoisotopic (exact) mass is 633 g/mol. The van der Waals surface area contributed by atoms with Crippen LogP contribution in [-0.2, 0) is 16.4 Å². The molecule has 11 heteroatoms. The molecule has 44 heavy (non-hydrogen) atoms. The number of nitrogens with zero attached hydrogens (tertiary/aromatic N) is 2. The number of ether oxygens (including phenoxy) is 1. The van der Waals surface area contributed by atoms with Crippen LogP contribution in [0.4, 0.5) is 11.4 Å². The van der Waals surface area contributed by atoms with Gasteiger partial charge in [0.25, 0.3) is 5.91 Å². The number of hydrogen-bond donors (Lipinski definition) is 2. The molecule has 2 aliphatic heterocycles. The molecule has 3 aromatic carbocycles. The second-order valence-corrected chi connectivity index (χ2v) is 14.3. The van der Waals surface area contributed by atoms with E-state index in [1.165, 1.54) is 11.0 Å². The third-order valence-corrected chi connectivity index (χ3v) is 10.4. The molecule has 4 aromatic rings. The van der Waals surface area contributed by atoms with E-state index in [2.05, 4.69) is 10.3 Å². The van der Waals surface area contributed by atoms with Gasteiger partial charge in [-0.1, -0.05) is 67.9 Å². The van der Waals surface area contributed by atoms with E-state index in [1.54, 1.807) is 44.2 Å². The van der Waals surface area contributed by atoms with E-state index >= 15 is 0 Å². The van der Waals surface area contributed by atoms with Crippen molar-refractivity contribution >= 4 is 38.7 Å². The molecule has 9 nitrogen and oxygen atoms in total. The summed E-state index contributed by atoms with van der Waals surface area (Å²) in [5.74, 6) is 0.134. The van der Waals surface area contributed by atoms with Crippen LogP contribution in [0, 0.1) is 19.3 Å². The fourth-order valence-electron chi connectivity index (χ4n) is 6.01. The maximum atomic E-state index is 14.5. The van der Waals surface area contributed by atoms with Crippen molar-refractivity contribution in [1.82, 2.24) is 4.98 Å². The Morgan fingerprint density at radius 2 is 1.89 bits per heavy atom. The first-order chi connectivity index (χ1) is 20.8. The van der Waals surface area contributed by atoms with E-state index in [4.69, 9.17) is 20.8 Å². The lowest BCUT2D eigenvalue weighted by atomic mass is 9.88. The average Bonchev–Trinajstić information content (AvgIpc) is 3.21. The van der Waals surface area contributed by atoms with Crippen LogP contribution in [0.2, 0.25) is 5.02 Å². The molecule has 0 radical (unpaired) electrons. The van der Waals surface area contributed by atoms with Gasteiger partial charge in [0, 0.05) is 12.6 Å². The minimum atomic E-state index is -3.94. The van der Waals surface area contributed by atoms with E-state index in [1.807, 2.05) is 44.2 Å². The lowest BCUT2D eigenvalue weighted by molar-refractivity contribution is 0.0975. The number of para-hydroxylation sites is 1. The van der Waals surface area contributed by atoms with E-state index in [9.17, 15) is 18.3 Å². The highest BCUT2D eigenvalue weighted by Gasteiger charge is 2.47. The van der Waals surface area contributed by atoms with Crippen molar-refractivity contribution in [2.75, 3.05) is 16.0 Å². The van der Waals surface area contributed by atoms with Crippen LogP contribution < -0.4 is 15.0 Å². The molecule has 0 bridgehead atoms. The van der Waals surface area contributed by atoms with Gasteiger partial charge in [0.05, 0.1) is 21.4 Å². The minimum absolute atomic E-state index is 0.0349. The van der Waals surface area contributed by atoms with Crippen molar-refractivity contribution in [2.45, 2.75) is 46.8 Å². The summed E-state index contributed by atoms with van der Waals surface area (Å²) in [5.41, 5.74) is 1.73. The summed E-state index contributed by atoms with van der Waals surface area (Å²) in [4.78, 5) is 20.2. The molecule has 0 fully saturated rings. The Kier molecular flexibility index (Phi) is 7.45. The van der Waals surface area contributed by atoms with Gasteiger partial charge in [-0.25, -0.2) is 13.4 Å². The van der Waals surface area contributed by atoms with Gasteiger partial charge in [0.1, 0.15) is 35.6 Å². The number of aromatic hydroxyl groups is 1. The van der Waals surface area contributed by atoms with Gasteiger partial charge in [0.15, 0.2) is 21.4 Å². The fourth-order valence-corrected chi connectivity index (χ4v) is 8.62. The highest BCUT2D eigenvalue weighted by Crippen LogP contribution is 2.52. The number of hydrogen-bond acceptors (Lipinski definition) is 8. The Hall–Kier alpha value is -4.28. The molecule has 1 aromatic heterocycles. The highest BCUT2D eigenvalue weighted by molar-refractivity contribution is 7.95. The summed E-state index contributed by atoms with van der Waals surface area (Å²) in [6.07, 6.45) is 0.363. The average molecular weight is 634 g/mol. The van der Waals surface area contributed by atoms with Crippen molar-refractivity contribution < 1.29 is 27.5 Å². The zero-order valence-electron chi connectivity index (χ0n) is 24.7. The number of nitrogens with one attached hydrogen (secondary N) is 1. The number of carbonyl (C=O) groups is 1. The van der Waals surface area contributed by atoms with Crippen molar-refractivity contribution in [3.63, 3.8) is 0 Å². The van der Waals surface area contributed by atoms with Crippen LogP contribution in [0.1, 0.15) is 59.6 Å². The van der Waals surface area contributed by atoms with Crippen LogP contribution in [0.25, 0.3) is 0 Å². The van der Waals surface area contributed by atoms with Crippen molar-refractivity contribution in [1.29, 1.82) is 0 Å². The number of allylic oxidation sites excluding steroid dienone is 1. The predicted molar refractivity (Wildman–Crippen MR) is 169 cm³/mol. The van der Waals surface area contributed by atoms with Gasteiger partial charge in [-0.15, -0.1) is 0 Å². The number of fused-ring (bicyclic) bond motifs is 1. The van der Waals surface area contributed by atoms with Gasteiger partial charge in [0.2, 0.25) is 0 Å². The molecule has 0 saturated heterocycles. The smallest absolute Gasteiger partial charge is 0.281 e. The standard InChI is InChI=1S/C33H32ClN3O6S/c1-19-28(35-20(2)43-19)32(39)37-25-11-8-12-26(38)29(25)36-24-16-33(3,4)18-44(40,41)31(24)30(37)22-13-14-27(23(34)15-22)42-17-21-9-6-5-7-10-21/h5-15,30,36,38H,16-18H2,1-4H3. The Bertz CT molecular complexity index is 1920. The second-order valence-electron chi connectivity index (χ2n) is 11.9. The Morgan fingerprint density at radius 1 is 1.14 bits per heavy atom. The maximum Gasteiger partial charge on any atom is 0.281 e. The maximum absolute atomic E-state index is 14.5. The van der Waals surface area contributed by atoms with Crippen LogP contribution >= 0.6 is 11.6 Å². The molecular formula is C33H32ClN3O6S. The molecule has 1 amide bonds. The Balaban J connectivity index is 1.56. The molecule has 1 unspecified atom stereocenters. The quantitative estimate of drug-likeness (QED) is 0.223. The number of halogens is 1. The van der Waals surface area contributed by atoms with Gasteiger partial charge < -0.3 is 19.6 Å². The first-order valence-corrected chi connectivity index (χ1v) is 16.2. The lowest BCUT2D eigenvalue weighted by Gasteiger charge is -2.37. The van der Waals surface area contributed by atoms with Crippen molar-refractivity contribution in [3.05, 3.63) is 111 Å². The van der Waals surface area contributed by atoms with E-state index in [0.717, 1.165) is 5.56 Å². The number of aryl methyl sites for hydroxylation is 2. The Morgan fingerprint density at radius 3 is 2.57 bits per heavy atom. The number of amides is 1. The molecule has 1 atom stereocenters. The predicted octanol–water partition coefficient (Wildman–Crippen LogP) is 7.10. The van der Waals surface area contributed by atoms with E-state index in [0.29, 0.717) is 29.3 Å². The molecule has 3 heterocycles. The van der Waals surface area contributed by atoms with Crippen LogP contribution in [0.5, 0.6) is 11.5 Å². The summed E-state index contributed by atoms with van der Waals surface area (Å²) in [5, 5.41) is 14.5. The summed E-state index contributed by atoms with van der Waals surface area (Å²) < 4.78 is 40.0. The largest absolute Gasteiger partial charge is 0.506 e. The van der Waals surface area contributed by atoms with Gasteiger partial charge >= 0.3 is 0 Å². The zero-order chi connectivity index (χ0) is 31.4. The topological polar surface area (TPSA) is 122 Å². The molecular weight excluding hydrogens is 602 g/mol. The number of aromatic nitrogens is 1. The van der Waals surface area contributed by atoms with Gasteiger partial charge in [-0.05, 0) is 54.2 Å². The fraction of sp³-hybridized carbons (Fsp3) is 0.273. The number of phenolic OH excluding ortho intramolecular Hbond substituents is 1. The summed E-state index contributed by atoms with van der Waals surface area (Å²) in [7, 11) is -3.94. The minimum Gasteiger partial charge on any atom is -0.506 e. The molecule has 228 valence electrons. The zero-order valence-corrected chi connectivity index (χ0v) is 26.3. The molecule has 0 spiro atoms. The molecule has 0 aliphatic carbocycles. The highest BCUT2D eigenvalue weighted by atomic mass is 35.5.